The molecule has 0 atom stereocenters. The van der Waals surface area contributed by atoms with Gasteiger partial charge in [-0.2, -0.15) is 16.4 Å². The Hall–Kier alpha value is -1.66. The number of nitrogens with one attached hydrogen (secondary N) is 1. The number of carbonyl (C=O) groups is 1. The zero-order chi connectivity index (χ0) is 14.7. The van der Waals surface area contributed by atoms with E-state index in [-0.39, 0.29) is 5.91 Å². The molecule has 1 amide bonds. The van der Waals surface area contributed by atoms with Gasteiger partial charge in [0.25, 0.3) is 0 Å². The first-order chi connectivity index (χ1) is 9.47. The fourth-order valence-electron chi connectivity index (χ4n) is 2.13. The zero-order valence-corrected chi connectivity index (χ0v) is 13.1. The molecule has 2 rings (SSSR count). The monoisotopic (exact) mass is 292 g/mol. The molecule has 0 aliphatic rings. The third kappa shape index (κ3) is 3.46. The first-order valence-corrected chi connectivity index (χ1v) is 7.41. The van der Waals surface area contributed by atoms with Crippen LogP contribution >= 0.6 is 11.3 Å². The lowest BCUT2D eigenvalue weighted by atomic mass is 10.3. The second-order valence-electron chi connectivity index (χ2n) is 5.02. The van der Waals surface area contributed by atoms with Crippen molar-refractivity contribution in [2.45, 2.75) is 20.4 Å². The molecule has 1 N–H and O–H groups in total. The van der Waals surface area contributed by atoms with Gasteiger partial charge in [0, 0.05) is 13.6 Å². The topological polar surface area (TPSA) is 50.2 Å². The van der Waals surface area contributed by atoms with Crippen LogP contribution in [0.3, 0.4) is 0 Å². The number of aryl methyl sites for hydroxylation is 2. The number of thiophene rings is 1. The summed E-state index contributed by atoms with van der Waals surface area (Å²) in [5, 5.41) is 11.4. The number of rotatable bonds is 5. The van der Waals surface area contributed by atoms with Crippen LogP contribution in [0, 0.1) is 13.8 Å². The highest BCUT2D eigenvalue weighted by atomic mass is 32.1. The molecule has 0 aromatic carbocycles. The highest BCUT2D eigenvalue weighted by molar-refractivity contribution is 7.07. The Labute approximate surface area is 123 Å². The van der Waals surface area contributed by atoms with Crippen molar-refractivity contribution in [2.24, 2.45) is 7.05 Å². The summed E-state index contributed by atoms with van der Waals surface area (Å²) in [6.45, 7) is 4.99. The van der Waals surface area contributed by atoms with E-state index in [4.69, 9.17) is 0 Å². The van der Waals surface area contributed by atoms with Gasteiger partial charge in [0.05, 0.1) is 23.6 Å². The van der Waals surface area contributed by atoms with Crippen LogP contribution in [0.25, 0.3) is 0 Å². The summed E-state index contributed by atoms with van der Waals surface area (Å²) in [4.78, 5) is 14.1. The summed E-state index contributed by atoms with van der Waals surface area (Å²) < 4.78 is 1.78. The number of carbonyl (C=O) groups excluding carboxylic acids is 1. The van der Waals surface area contributed by atoms with Gasteiger partial charge < -0.3 is 5.32 Å². The normalized spacial score (nSPS) is 11.1. The summed E-state index contributed by atoms with van der Waals surface area (Å²) in [5.74, 6) is -0.0121. The number of anilines is 1. The minimum atomic E-state index is -0.0121. The lowest BCUT2D eigenvalue weighted by molar-refractivity contribution is -0.117. The van der Waals surface area contributed by atoms with Gasteiger partial charge in [0.2, 0.25) is 5.91 Å². The SMILES string of the molecule is Cc1nn(C)c(C)c1NC(=O)CN(C)Cc1ccsc1. The van der Waals surface area contributed by atoms with Crippen molar-refractivity contribution in [3.05, 3.63) is 33.8 Å². The highest BCUT2D eigenvalue weighted by Gasteiger charge is 2.13. The van der Waals surface area contributed by atoms with E-state index in [1.165, 1.54) is 5.56 Å². The van der Waals surface area contributed by atoms with E-state index in [2.05, 4.69) is 21.9 Å². The van der Waals surface area contributed by atoms with Crippen LogP contribution in [0.4, 0.5) is 5.69 Å². The predicted molar refractivity (Wildman–Crippen MR) is 82.0 cm³/mol. The van der Waals surface area contributed by atoms with Crippen molar-refractivity contribution < 1.29 is 4.79 Å². The van der Waals surface area contributed by atoms with Gasteiger partial charge in [-0.3, -0.25) is 14.4 Å². The fourth-order valence-corrected chi connectivity index (χ4v) is 2.79. The lowest BCUT2D eigenvalue weighted by Gasteiger charge is -2.15. The minimum Gasteiger partial charge on any atom is -0.322 e. The molecule has 0 saturated carbocycles. The van der Waals surface area contributed by atoms with Gasteiger partial charge in [0.15, 0.2) is 0 Å². The maximum Gasteiger partial charge on any atom is 0.238 e. The minimum absolute atomic E-state index is 0.0121. The second-order valence-corrected chi connectivity index (χ2v) is 5.80. The highest BCUT2D eigenvalue weighted by Crippen LogP contribution is 2.18. The number of amides is 1. The van der Waals surface area contributed by atoms with E-state index in [1.54, 1.807) is 16.0 Å². The van der Waals surface area contributed by atoms with E-state index in [9.17, 15) is 4.79 Å². The standard InChI is InChI=1S/C14H20N4OS/c1-10-14(11(2)18(4)16-10)15-13(19)8-17(3)7-12-5-6-20-9-12/h5-6,9H,7-8H2,1-4H3,(H,15,19). The molecule has 6 heteroatoms. The quantitative estimate of drug-likeness (QED) is 0.919. The molecule has 2 aromatic rings. The summed E-state index contributed by atoms with van der Waals surface area (Å²) >= 11 is 1.67. The molecule has 0 aliphatic heterocycles. The Morgan fingerprint density at radius 3 is 2.80 bits per heavy atom. The Morgan fingerprint density at radius 1 is 1.50 bits per heavy atom. The van der Waals surface area contributed by atoms with Crippen molar-refractivity contribution in [3.8, 4) is 0 Å². The Bertz CT molecular complexity index is 589. The average molecular weight is 292 g/mol. The van der Waals surface area contributed by atoms with Crippen LogP contribution in [0.5, 0.6) is 0 Å². The number of aromatic nitrogens is 2. The third-order valence-electron chi connectivity index (χ3n) is 3.22. The van der Waals surface area contributed by atoms with Gasteiger partial charge >= 0.3 is 0 Å². The van der Waals surface area contributed by atoms with Crippen LogP contribution in [0.15, 0.2) is 16.8 Å². The van der Waals surface area contributed by atoms with Crippen LogP contribution in [-0.2, 0) is 18.4 Å². The van der Waals surface area contributed by atoms with E-state index < -0.39 is 0 Å². The Balaban J connectivity index is 1.92. The van der Waals surface area contributed by atoms with Crippen molar-refractivity contribution in [3.63, 3.8) is 0 Å². The van der Waals surface area contributed by atoms with Crippen molar-refractivity contribution in [2.75, 3.05) is 18.9 Å². The molecule has 0 radical (unpaired) electrons. The van der Waals surface area contributed by atoms with E-state index in [1.807, 2.05) is 38.2 Å². The second kappa shape index (κ2) is 6.19. The zero-order valence-electron chi connectivity index (χ0n) is 12.3. The molecule has 108 valence electrons. The van der Waals surface area contributed by atoms with Gasteiger partial charge in [-0.05, 0) is 43.3 Å². The Kier molecular flexibility index (Phi) is 4.57. The van der Waals surface area contributed by atoms with Crippen LogP contribution in [0.2, 0.25) is 0 Å². The van der Waals surface area contributed by atoms with E-state index >= 15 is 0 Å². The smallest absolute Gasteiger partial charge is 0.238 e. The maximum atomic E-state index is 12.1. The average Bonchev–Trinajstić information content (AvgIpc) is 2.94. The van der Waals surface area contributed by atoms with Crippen molar-refractivity contribution in [1.82, 2.24) is 14.7 Å². The number of nitrogens with zero attached hydrogens (tertiary/aromatic N) is 3. The van der Waals surface area contributed by atoms with Crippen LogP contribution in [-0.4, -0.2) is 34.2 Å². The van der Waals surface area contributed by atoms with Gasteiger partial charge in [-0.1, -0.05) is 0 Å². The first kappa shape index (κ1) is 14.7. The van der Waals surface area contributed by atoms with Crippen LogP contribution < -0.4 is 5.32 Å². The molecular weight excluding hydrogens is 272 g/mol. The van der Waals surface area contributed by atoms with E-state index in [0.29, 0.717) is 6.54 Å². The molecule has 0 saturated heterocycles. The molecule has 5 nitrogen and oxygen atoms in total. The fraction of sp³-hybridized carbons (Fsp3) is 0.429. The molecule has 2 heterocycles. The summed E-state index contributed by atoms with van der Waals surface area (Å²) in [6.07, 6.45) is 0. The largest absolute Gasteiger partial charge is 0.322 e. The summed E-state index contributed by atoms with van der Waals surface area (Å²) in [5.41, 5.74) is 3.87. The maximum absolute atomic E-state index is 12.1. The van der Waals surface area contributed by atoms with Gasteiger partial charge in [-0.15, -0.1) is 0 Å². The van der Waals surface area contributed by atoms with Gasteiger partial charge in [0.1, 0.15) is 0 Å². The molecule has 0 unspecified atom stereocenters. The molecule has 0 aliphatic carbocycles. The van der Waals surface area contributed by atoms with E-state index in [0.717, 1.165) is 23.6 Å². The summed E-state index contributed by atoms with van der Waals surface area (Å²) in [7, 11) is 3.82. The molecule has 20 heavy (non-hydrogen) atoms. The van der Waals surface area contributed by atoms with Gasteiger partial charge in [-0.25, -0.2) is 0 Å². The van der Waals surface area contributed by atoms with Crippen molar-refractivity contribution >= 4 is 22.9 Å². The Morgan fingerprint density at radius 2 is 2.25 bits per heavy atom. The third-order valence-corrected chi connectivity index (χ3v) is 3.95. The molecule has 2 aromatic heterocycles. The summed E-state index contributed by atoms with van der Waals surface area (Å²) in [6, 6.07) is 2.08. The molecule has 0 fully saturated rings. The predicted octanol–water partition coefficient (Wildman–Crippen LogP) is 2.17. The van der Waals surface area contributed by atoms with Crippen molar-refractivity contribution in [1.29, 1.82) is 0 Å². The molecule has 0 spiro atoms. The number of likely N-dealkylation sites (N-methyl/N-ethyl adjacent to an activating group) is 1. The number of hydrogen-bond acceptors (Lipinski definition) is 4. The van der Waals surface area contributed by atoms with Crippen LogP contribution in [0.1, 0.15) is 17.0 Å². The lowest BCUT2D eigenvalue weighted by Crippen LogP contribution is -2.30. The number of hydrogen-bond donors (Lipinski definition) is 1. The molecule has 0 bridgehead atoms. The first-order valence-electron chi connectivity index (χ1n) is 6.47. The molecular formula is C14H20N4OS.